The van der Waals surface area contributed by atoms with Gasteiger partial charge in [-0.3, -0.25) is 4.57 Å². The standard InChI is InChI=1S/C14H21N5O4S/c1-7(2)4-24-14(11(22)10(21)8(3-20)23-14)19-6-18-9-12(15)16-5-17-13(9)19/h5-8,10-11,20-22H,3-4H2,1-2H3,(H2,15,16,17)/t8-,10-,11-,14+/m1/s1. The topological polar surface area (TPSA) is 140 Å². The predicted octanol–water partition coefficient (Wildman–Crippen LogP) is -0.479. The first-order valence-corrected chi connectivity index (χ1v) is 8.62. The molecule has 24 heavy (non-hydrogen) atoms. The number of nitrogens with two attached hydrogens (primary N) is 1. The van der Waals surface area contributed by atoms with Crippen molar-refractivity contribution >= 4 is 28.7 Å². The highest BCUT2D eigenvalue weighted by Crippen LogP contribution is 2.46. The van der Waals surface area contributed by atoms with Crippen molar-refractivity contribution in [2.75, 3.05) is 18.1 Å². The van der Waals surface area contributed by atoms with Crippen LogP contribution in [-0.4, -0.2) is 65.5 Å². The number of hydrogen-bond acceptors (Lipinski definition) is 9. The van der Waals surface area contributed by atoms with E-state index in [1.807, 2.05) is 13.8 Å². The van der Waals surface area contributed by atoms with Crippen LogP contribution in [0.4, 0.5) is 5.82 Å². The number of aliphatic hydroxyl groups is 3. The van der Waals surface area contributed by atoms with Crippen LogP contribution in [0.5, 0.6) is 0 Å². The molecule has 0 spiro atoms. The van der Waals surface area contributed by atoms with E-state index in [2.05, 4.69) is 15.0 Å². The van der Waals surface area contributed by atoms with Crippen LogP contribution in [0.3, 0.4) is 0 Å². The summed E-state index contributed by atoms with van der Waals surface area (Å²) >= 11 is 1.33. The number of hydrogen-bond donors (Lipinski definition) is 4. The summed E-state index contributed by atoms with van der Waals surface area (Å²) in [6, 6.07) is 0. The maximum absolute atomic E-state index is 10.7. The minimum atomic E-state index is -1.35. The first-order valence-electron chi connectivity index (χ1n) is 7.63. The number of rotatable bonds is 5. The molecule has 0 saturated carbocycles. The average Bonchev–Trinajstić information content (AvgIpc) is 3.09. The van der Waals surface area contributed by atoms with Crippen molar-refractivity contribution in [3.05, 3.63) is 12.7 Å². The molecule has 1 aliphatic rings. The van der Waals surface area contributed by atoms with E-state index in [-0.39, 0.29) is 5.82 Å². The van der Waals surface area contributed by atoms with Crippen molar-refractivity contribution in [1.29, 1.82) is 0 Å². The second kappa shape index (κ2) is 6.45. The molecular weight excluding hydrogens is 334 g/mol. The highest BCUT2D eigenvalue weighted by atomic mass is 32.2. The molecule has 2 aromatic heterocycles. The molecule has 4 atom stereocenters. The predicted molar refractivity (Wildman–Crippen MR) is 89.0 cm³/mol. The summed E-state index contributed by atoms with van der Waals surface area (Å²) in [5, 5.41) is 29.0. The molecule has 3 heterocycles. The lowest BCUT2D eigenvalue weighted by Gasteiger charge is -2.33. The monoisotopic (exact) mass is 355 g/mol. The Kier molecular flexibility index (Phi) is 4.67. The number of thioether (sulfide) groups is 1. The van der Waals surface area contributed by atoms with Crippen LogP contribution in [0.25, 0.3) is 11.2 Å². The van der Waals surface area contributed by atoms with Crippen LogP contribution in [0.1, 0.15) is 13.8 Å². The number of nitrogen functional groups attached to an aromatic ring is 1. The van der Waals surface area contributed by atoms with Gasteiger partial charge in [-0.2, -0.15) is 0 Å². The van der Waals surface area contributed by atoms with E-state index in [1.54, 1.807) is 4.57 Å². The van der Waals surface area contributed by atoms with Gasteiger partial charge < -0.3 is 25.8 Å². The molecule has 0 aromatic carbocycles. The van der Waals surface area contributed by atoms with Gasteiger partial charge in [-0.05, 0) is 5.92 Å². The molecule has 2 aromatic rings. The van der Waals surface area contributed by atoms with Gasteiger partial charge in [-0.1, -0.05) is 13.8 Å². The maximum atomic E-state index is 10.7. The van der Waals surface area contributed by atoms with Crippen molar-refractivity contribution < 1.29 is 20.1 Å². The third kappa shape index (κ3) is 2.64. The number of ether oxygens (including phenoxy) is 1. The molecule has 0 bridgehead atoms. The SMILES string of the molecule is CC(C)CS[C@@]1(n2cnc3c(N)ncnc32)O[C@H](CO)[C@@H](O)[C@H]1O. The first kappa shape index (κ1) is 17.4. The molecule has 1 saturated heterocycles. The zero-order valence-electron chi connectivity index (χ0n) is 13.4. The number of anilines is 1. The molecule has 132 valence electrons. The highest BCUT2D eigenvalue weighted by Gasteiger charge is 2.56. The fraction of sp³-hybridized carbons (Fsp3) is 0.643. The quantitative estimate of drug-likeness (QED) is 0.560. The van der Waals surface area contributed by atoms with E-state index < -0.39 is 30.0 Å². The normalized spacial score (nSPS) is 30.5. The summed E-state index contributed by atoms with van der Waals surface area (Å²) in [6.45, 7) is 3.66. The fourth-order valence-electron chi connectivity index (χ4n) is 2.68. The van der Waals surface area contributed by atoms with Gasteiger partial charge in [0.15, 0.2) is 11.5 Å². The lowest BCUT2D eigenvalue weighted by Crippen LogP contribution is -2.43. The molecule has 9 nitrogen and oxygen atoms in total. The second-order valence-electron chi connectivity index (χ2n) is 6.16. The van der Waals surface area contributed by atoms with Crippen LogP contribution >= 0.6 is 11.8 Å². The number of nitrogens with zero attached hydrogens (tertiary/aromatic N) is 4. The van der Waals surface area contributed by atoms with Crippen LogP contribution in [0.15, 0.2) is 12.7 Å². The van der Waals surface area contributed by atoms with E-state index >= 15 is 0 Å². The fourth-order valence-corrected chi connectivity index (χ4v) is 4.02. The minimum absolute atomic E-state index is 0.217. The Hall–Kier alpha value is -1.46. The molecule has 3 rings (SSSR count). The zero-order valence-corrected chi connectivity index (χ0v) is 14.2. The Bertz CT molecular complexity index is 726. The van der Waals surface area contributed by atoms with Gasteiger partial charge in [0, 0.05) is 5.75 Å². The Labute approximate surface area is 142 Å². The molecule has 1 aliphatic heterocycles. The summed E-state index contributed by atoms with van der Waals surface area (Å²) in [4.78, 5) is 12.3. The summed E-state index contributed by atoms with van der Waals surface area (Å²) in [5.41, 5.74) is 6.60. The Balaban J connectivity index is 2.12. The molecule has 0 amide bonds. The molecule has 10 heteroatoms. The number of aromatic nitrogens is 4. The zero-order chi connectivity index (χ0) is 17.5. The van der Waals surface area contributed by atoms with Gasteiger partial charge in [0.2, 0.25) is 5.06 Å². The third-order valence-electron chi connectivity index (χ3n) is 3.90. The molecule has 0 radical (unpaired) electrons. The van der Waals surface area contributed by atoms with Gasteiger partial charge in [-0.25, -0.2) is 15.0 Å². The van der Waals surface area contributed by atoms with Crippen LogP contribution in [0, 0.1) is 5.92 Å². The lowest BCUT2D eigenvalue weighted by molar-refractivity contribution is -0.0776. The number of fused-ring (bicyclic) bond motifs is 1. The van der Waals surface area contributed by atoms with Gasteiger partial charge in [0.25, 0.3) is 0 Å². The van der Waals surface area contributed by atoms with Crippen LogP contribution in [0.2, 0.25) is 0 Å². The molecule has 0 aliphatic carbocycles. The molecule has 1 fully saturated rings. The largest absolute Gasteiger partial charge is 0.394 e. The van der Waals surface area contributed by atoms with Gasteiger partial charge in [-0.15, -0.1) is 11.8 Å². The minimum Gasteiger partial charge on any atom is -0.394 e. The Morgan fingerprint density at radius 3 is 2.75 bits per heavy atom. The highest BCUT2D eigenvalue weighted by molar-refractivity contribution is 7.99. The molecule has 0 unspecified atom stereocenters. The van der Waals surface area contributed by atoms with Crippen LogP contribution in [-0.2, 0) is 9.79 Å². The molecule has 5 N–H and O–H groups in total. The average molecular weight is 355 g/mol. The smallest absolute Gasteiger partial charge is 0.225 e. The van der Waals surface area contributed by atoms with Gasteiger partial charge in [0.05, 0.1) is 6.61 Å². The lowest BCUT2D eigenvalue weighted by atomic mass is 10.1. The van der Waals surface area contributed by atoms with Crippen molar-refractivity contribution in [3.8, 4) is 0 Å². The first-order chi connectivity index (χ1) is 11.4. The van der Waals surface area contributed by atoms with E-state index in [0.29, 0.717) is 22.8 Å². The number of aliphatic hydroxyl groups excluding tert-OH is 3. The Morgan fingerprint density at radius 2 is 2.12 bits per heavy atom. The van der Waals surface area contributed by atoms with Gasteiger partial charge >= 0.3 is 0 Å². The van der Waals surface area contributed by atoms with Crippen molar-refractivity contribution in [2.45, 2.75) is 37.2 Å². The summed E-state index contributed by atoms with van der Waals surface area (Å²) < 4.78 is 7.45. The van der Waals surface area contributed by atoms with E-state index in [4.69, 9.17) is 10.5 Å². The summed E-state index contributed by atoms with van der Waals surface area (Å²) in [7, 11) is 0. The van der Waals surface area contributed by atoms with Crippen molar-refractivity contribution in [2.24, 2.45) is 5.92 Å². The maximum Gasteiger partial charge on any atom is 0.225 e. The van der Waals surface area contributed by atoms with Gasteiger partial charge in [0.1, 0.15) is 36.5 Å². The van der Waals surface area contributed by atoms with E-state index in [9.17, 15) is 15.3 Å². The molecular formula is C14H21N5O4S. The van der Waals surface area contributed by atoms with Crippen LogP contribution < -0.4 is 5.73 Å². The summed E-state index contributed by atoms with van der Waals surface area (Å²) in [5.74, 6) is 1.19. The Morgan fingerprint density at radius 1 is 1.38 bits per heavy atom. The third-order valence-corrected chi connectivity index (χ3v) is 5.68. The summed E-state index contributed by atoms with van der Waals surface area (Å²) in [6.07, 6.45) is -0.647. The van der Waals surface area contributed by atoms with Crippen molar-refractivity contribution in [1.82, 2.24) is 19.5 Å². The van der Waals surface area contributed by atoms with E-state index in [0.717, 1.165) is 0 Å². The van der Waals surface area contributed by atoms with E-state index in [1.165, 1.54) is 24.4 Å². The second-order valence-corrected chi connectivity index (χ2v) is 7.36. The van der Waals surface area contributed by atoms with Crippen molar-refractivity contribution in [3.63, 3.8) is 0 Å². The number of imidazole rings is 1.